The summed E-state index contributed by atoms with van der Waals surface area (Å²) in [6.45, 7) is 8.12. The summed E-state index contributed by atoms with van der Waals surface area (Å²) in [5.41, 5.74) is 6.19. The summed E-state index contributed by atoms with van der Waals surface area (Å²) in [6, 6.07) is 24.1. The Kier molecular flexibility index (Phi) is 5.95. The highest BCUT2D eigenvalue weighted by Gasteiger charge is 2.14. The van der Waals surface area contributed by atoms with Gasteiger partial charge in [-0.05, 0) is 66.1 Å². The Morgan fingerprint density at radius 2 is 1.69 bits per heavy atom. The van der Waals surface area contributed by atoms with Crippen LogP contribution in [0.3, 0.4) is 0 Å². The van der Waals surface area contributed by atoms with Crippen LogP contribution in [0.5, 0.6) is 5.75 Å². The minimum Gasteiger partial charge on any atom is -0.483 e. The number of nitrogens with one attached hydrogen (secondary N) is 1. The zero-order valence-corrected chi connectivity index (χ0v) is 20.4. The van der Waals surface area contributed by atoms with Crippen LogP contribution < -0.4 is 10.1 Å². The number of nitrogens with zero attached hydrogens (tertiary/aromatic N) is 3. The number of amides is 1. The molecule has 0 bridgehead atoms. The monoisotopic (exact) mass is 464 g/mol. The predicted molar refractivity (Wildman–Crippen MR) is 141 cm³/mol. The summed E-state index contributed by atoms with van der Waals surface area (Å²) < 4.78 is 5.90. The molecular formula is C29H28N4O2. The maximum atomic E-state index is 12.7. The van der Waals surface area contributed by atoms with E-state index in [1.54, 1.807) is 4.80 Å². The standard InChI is InChI=1S/C29H28N4O2/c1-18(2)22-13-12-19(3)14-28(22)35-17-29(34)30-24-16-26-25(15-20(24)4)31-33(32-26)27-11-7-9-21-8-5-6-10-23(21)27/h5-16,18H,17H2,1-4H3,(H,30,34). The molecule has 0 atom stereocenters. The molecule has 0 fully saturated rings. The number of anilines is 1. The maximum absolute atomic E-state index is 12.7. The first-order valence-corrected chi connectivity index (χ1v) is 11.8. The molecule has 0 radical (unpaired) electrons. The van der Waals surface area contributed by atoms with Crippen LogP contribution in [-0.4, -0.2) is 27.5 Å². The third kappa shape index (κ3) is 4.60. The number of hydrogen-bond donors (Lipinski definition) is 1. The van der Waals surface area contributed by atoms with Crippen LogP contribution in [0.4, 0.5) is 5.69 Å². The van der Waals surface area contributed by atoms with Gasteiger partial charge in [-0.2, -0.15) is 0 Å². The topological polar surface area (TPSA) is 69.0 Å². The normalized spacial score (nSPS) is 11.3. The number of benzene rings is 4. The minimum atomic E-state index is -0.217. The zero-order chi connectivity index (χ0) is 24.5. The summed E-state index contributed by atoms with van der Waals surface area (Å²) in [5, 5.41) is 14.6. The van der Waals surface area contributed by atoms with Crippen molar-refractivity contribution in [3.63, 3.8) is 0 Å². The molecule has 1 aromatic heterocycles. The molecule has 1 heterocycles. The molecule has 0 aliphatic carbocycles. The Bertz CT molecular complexity index is 1550. The van der Waals surface area contributed by atoms with Gasteiger partial charge in [-0.1, -0.05) is 62.4 Å². The molecule has 35 heavy (non-hydrogen) atoms. The van der Waals surface area contributed by atoms with Crippen LogP contribution in [0.2, 0.25) is 0 Å². The van der Waals surface area contributed by atoms with Crippen LogP contribution >= 0.6 is 0 Å². The summed E-state index contributed by atoms with van der Waals surface area (Å²) in [4.78, 5) is 14.4. The minimum absolute atomic E-state index is 0.0661. The van der Waals surface area contributed by atoms with Gasteiger partial charge in [0.25, 0.3) is 5.91 Å². The molecule has 0 spiro atoms. The second-order valence-electron chi connectivity index (χ2n) is 9.18. The van der Waals surface area contributed by atoms with Crippen molar-refractivity contribution in [2.24, 2.45) is 0 Å². The fraction of sp³-hybridized carbons (Fsp3) is 0.207. The van der Waals surface area contributed by atoms with Crippen LogP contribution in [0.1, 0.15) is 36.5 Å². The van der Waals surface area contributed by atoms with E-state index in [1.807, 2.05) is 56.3 Å². The number of hydrogen-bond acceptors (Lipinski definition) is 4. The van der Waals surface area contributed by atoms with Gasteiger partial charge in [0.2, 0.25) is 0 Å². The first kappa shape index (κ1) is 22.6. The summed E-state index contributed by atoms with van der Waals surface area (Å²) >= 11 is 0. The predicted octanol–water partition coefficient (Wildman–Crippen LogP) is 6.33. The molecule has 6 nitrogen and oxygen atoms in total. The molecule has 1 amide bonds. The molecule has 0 unspecified atom stereocenters. The Morgan fingerprint density at radius 1 is 0.943 bits per heavy atom. The number of ether oxygens (including phenoxy) is 1. The molecule has 1 N–H and O–H groups in total. The lowest BCUT2D eigenvalue weighted by Gasteiger charge is -2.15. The number of aryl methyl sites for hydroxylation is 2. The van der Waals surface area contributed by atoms with E-state index in [0.717, 1.165) is 44.4 Å². The molecule has 0 saturated heterocycles. The average molecular weight is 465 g/mol. The lowest BCUT2D eigenvalue weighted by molar-refractivity contribution is -0.118. The summed E-state index contributed by atoms with van der Waals surface area (Å²) in [7, 11) is 0. The number of carbonyl (C=O) groups is 1. The second-order valence-corrected chi connectivity index (χ2v) is 9.18. The van der Waals surface area contributed by atoms with Gasteiger partial charge < -0.3 is 10.1 Å². The lowest BCUT2D eigenvalue weighted by Crippen LogP contribution is -2.21. The van der Waals surface area contributed by atoms with Gasteiger partial charge in [0, 0.05) is 11.1 Å². The third-order valence-corrected chi connectivity index (χ3v) is 6.13. The number of rotatable bonds is 6. The highest BCUT2D eigenvalue weighted by atomic mass is 16.5. The van der Waals surface area contributed by atoms with E-state index in [2.05, 4.69) is 49.5 Å². The number of carbonyl (C=O) groups excluding carboxylic acids is 1. The van der Waals surface area contributed by atoms with Gasteiger partial charge >= 0.3 is 0 Å². The van der Waals surface area contributed by atoms with E-state index in [9.17, 15) is 4.79 Å². The molecule has 0 saturated carbocycles. The van der Waals surface area contributed by atoms with E-state index in [0.29, 0.717) is 17.1 Å². The Labute approximate surface area is 204 Å². The molecule has 5 aromatic rings. The van der Waals surface area contributed by atoms with Crippen molar-refractivity contribution >= 4 is 33.4 Å². The van der Waals surface area contributed by atoms with Gasteiger partial charge in [0.15, 0.2) is 6.61 Å². The van der Waals surface area contributed by atoms with Crippen LogP contribution in [0.15, 0.2) is 72.8 Å². The molecular weight excluding hydrogens is 436 g/mol. The molecule has 0 aliphatic heterocycles. The van der Waals surface area contributed by atoms with Gasteiger partial charge in [-0.3, -0.25) is 4.79 Å². The maximum Gasteiger partial charge on any atom is 0.262 e. The SMILES string of the molecule is Cc1ccc(C(C)C)c(OCC(=O)Nc2cc3nn(-c4cccc5ccccc45)nc3cc2C)c1. The second kappa shape index (κ2) is 9.22. The Balaban J connectivity index is 1.37. The quantitative estimate of drug-likeness (QED) is 0.319. The zero-order valence-electron chi connectivity index (χ0n) is 20.4. The first-order chi connectivity index (χ1) is 16.9. The summed E-state index contributed by atoms with van der Waals surface area (Å²) in [6.07, 6.45) is 0. The van der Waals surface area contributed by atoms with Crippen LogP contribution in [-0.2, 0) is 4.79 Å². The van der Waals surface area contributed by atoms with Crippen molar-refractivity contribution in [3.05, 3.63) is 89.5 Å². The smallest absolute Gasteiger partial charge is 0.262 e. The van der Waals surface area contributed by atoms with Gasteiger partial charge in [-0.25, -0.2) is 0 Å². The highest BCUT2D eigenvalue weighted by Crippen LogP contribution is 2.28. The van der Waals surface area contributed by atoms with Crippen molar-refractivity contribution in [1.82, 2.24) is 15.0 Å². The van der Waals surface area contributed by atoms with E-state index in [4.69, 9.17) is 14.9 Å². The Hall–Kier alpha value is -4.19. The van der Waals surface area contributed by atoms with E-state index >= 15 is 0 Å². The van der Waals surface area contributed by atoms with Crippen molar-refractivity contribution in [2.75, 3.05) is 11.9 Å². The van der Waals surface area contributed by atoms with Crippen molar-refractivity contribution in [1.29, 1.82) is 0 Å². The number of aromatic nitrogens is 3. The average Bonchev–Trinajstić information content (AvgIpc) is 3.25. The van der Waals surface area contributed by atoms with E-state index < -0.39 is 0 Å². The van der Waals surface area contributed by atoms with Gasteiger partial charge in [0.1, 0.15) is 16.8 Å². The molecule has 176 valence electrons. The molecule has 6 heteroatoms. The van der Waals surface area contributed by atoms with E-state index in [1.165, 1.54) is 0 Å². The molecule has 4 aromatic carbocycles. The largest absolute Gasteiger partial charge is 0.483 e. The van der Waals surface area contributed by atoms with Crippen molar-refractivity contribution < 1.29 is 9.53 Å². The van der Waals surface area contributed by atoms with Gasteiger partial charge in [-0.15, -0.1) is 15.0 Å². The van der Waals surface area contributed by atoms with Crippen molar-refractivity contribution in [2.45, 2.75) is 33.6 Å². The first-order valence-electron chi connectivity index (χ1n) is 11.8. The van der Waals surface area contributed by atoms with Crippen molar-refractivity contribution in [3.8, 4) is 11.4 Å². The van der Waals surface area contributed by atoms with Gasteiger partial charge in [0.05, 0.1) is 5.69 Å². The molecule has 5 rings (SSSR count). The molecule has 0 aliphatic rings. The lowest BCUT2D eigenvalue weighted by atomic mass is 10.0. The third-order valence-electron chi connectivity index (χ3n) is 6.13. The van der Waals surface area contributed by atoms with Crippen LogP contribution in [0, 0.1) is 13.8 Å². The highest BCUT2D eigenvalue weighted by molar-refractivity contribution is 5.95. The fourth-order valence-corrected chi connectivity index (χ4v) is 4.27. The fourth-order valence-electron chi connectivity index (χ4n) is 4.27. The Morgan fingerprint density at radius 3 is 2.49 bits per heavy atom. The number of fused-ring (bicyclic) bond motifs is 2. The van der Waals surface area contributed by atoms with E-state index in [-0.39, 0.29) is 12.5 Å². The van der Waals surface area contributed by atoms with Crippen LogP contribution in [0.25, 0.3) is 27.5 Å². The summed E-state index contributed by atoms with van der Waals surface area (Å²) in [5.74, 6) is 0.841.